The Morgan fingerprint density at radius 1 is 1.17 bits per heavy atom. The third-order valence-electron chi connectivity index (χ3n) is 3.93. The van der Waals surface area contributed by atoms with Crippen LogP contribution in [0.2, 0.25) is 0 Å². The number of para-hydroxylation sites is 1. The van der Waals surface area contributed by atoms with Gasteiger partial charge in [-0.3, -0.25) is 4.79 Å². The number of carbonyl (C=O) groups is 1. The highest BCUT2D eigenvalue weighted by Gasteiger charge is 2.15. The van der Waals surface area contributed by atoms with Crippen molar-refractivity contribution >= 4 is 27.5 Å². The molecule has 0 spiro atoms. The Hall–Kier alpha value is -2.24. The molecular weight excluding hydrogens is 318 g/mol. The summed E-state index contributed by atoms with van der Waals surface area (Å²) in [6.07, 6.45) is 0. The van der Waals surface area contributed by atoms with Crippen LogP contribution in [0.4, 0.5) is 0 Å². The van der Waals surface area contributed by atoms with Gasteiger partial charge >= 0.3 is 0 Å². The highest BCUT2D eigenvalue weighted by Crippen LogP contribution is 2.20. The Morgan fingerprint density at radius 3 is 2.62 bits per heavy atom. The van der Waals surface area contributed by atoms with Gasteiger partial charge in [-0.1, -0.05) is 42.5 Å². The van der Waals surface area contributed by atoms with Gasteiger partial charge in [0.1, 0.15) is 11.6 Å². The van der Waals surface area contributed by atoms with Crippen molar-refractivity contribution in [2.24, 2.45) is 0 Å². The lowest BCUT2D eigenvalue weighted by Crippen LogP contribution is -3.08. The zero-order chi connectivity index (χ0) is 16.9. The zero-order valence-corrected chi connectivity index (χ0v) is 14.8. The van der Waals surface area contributed by atoms with E-state index in [0.717, 1.165) is 27.5 Å². The SMILES string of the molecule is C[C@H](NC(=O)C[NH+](C)Cc1nc2ccccc2s1)c1ccccc1. The van der Waals surface area contributed by atoms with Crippen LogP contribution < -0.4 is 10.2 Å². The number of rotatable bonds is 6. The molecule has 1 aromatic heterocycles. The molecule has 0 radical (unpaired) electrons. The normalized spacial score (nSPS) is 13.6. The number of hydrogen-bond donors (Lipinski definition) is 2. The first kappa shape index (κ1) is 16.6. The zero-order valence-electron chi connectivity index (χ0n) is 14.0. The van der Waals surface area contributed by atoms with Crippen molar-refractivity contribution in [3.63, 3.8) is 0 Å². The van der Waals surface area contributed by atoms with Gasteiger partial charge in [0, 0.05) is 0 Å². The molecule has 1 heterocycles. The number of carbonyl (C=O) groups excluding carboxylic acids is 1. The second kappa shape index (κ2) is 7.55. The number of aromatic nitrogens is 1. The predicted molar refractivity (Wildman–Crippen MR) is 98.1 cm³/mol. The Labute approximate surface area is 146 Å². The van der Waals surface area contributed by atoms with Gasteiger partial charge in [-0.15, -0.1) is 11.3 Å². The molecule has 3 aromatic rings. The van der Waals surface area contributed by atoms with Gasteiger partial charge in [-0.05, 0) is 24.6 Å². The molecule has 0 aliphatic carbocycles. The van der Waals surface area contributed by atoms with Crippen molar-refractivity contribution in [2.75, 3.05) is 13.6 Å². The molecule has 5 heteroatoms. The first-order valence-corrected chi connectivity index (χ1v) is 8.93. The third-order valence-corrected chi connectivity index (χ3v) is 4.97. The van der Waals surface area contributed by atoms with E-state index in [4.69, 9.17) is 0 Å². The molecule has 0 saturated heterocycles. The Kier molecular flexibility index (Phi) is 5.23. The quantitative estimate of drug-likeness (QED) is 0.723. The molecule has 0 aliphatic heterocycles. The van der Waals surface area contributed by atoms with Crippen molar-refractivity contribution in [2.45, 2.75) is 19.5 Å². The van der Waals surface area contributed by atoms with Crippen molar-refractivity contribution in [3.05, 3.63) is 65.2 Å². The summed E-state index contributed by atoms with van der Waals surface area (Å²) in [7, 11) is 2.03. The lowest BCUT2D eigenvalue weighted by atomic mass is 10.1. The summed E-state index contributed by atoms with van der Waals surface area (Å²) < 4.78 is 1.20. The number of fused-ring (bicyclic) bond motifs is 1. The van der Waals surface area contributed by atoms with Gasteiger partial charge in [0.25, 0.3) is 5.91 Å². The van der Waals surface area contributed by atoms with Crippen LogP contribution in [0.3, 0.4) is 0 Å². The molecule has 3 rings (SSSR count). The van der Waals surface area contributed by atoms with Crippen LogP contribution in [0.5, 0.6) is 0 Å². The summed E-state index contributed by atoms with van der Waals surface area (Å²) >= 11 is 1.70. The Bertz CT molecular complexity index is 783. The molecule has 0 saturated carbocycles. The van der Waals surface area contributed by atoms with E-state index in [1.165, 1.54) is 4.70 Å². The molecule has 0 fully saturated rings. The van der Waals surface area contributed by atoms with Crippen molar-refractivity contribution in [1.82, 2.24) is 10.3 Å². The maximum atomic E-state index is 12.3. The van der Waals surface area contributed by atoms with Crippen molar-refractivity contribution in [3.8, 4) is 0 Å². The van der Waals surface area contributed by atoms with E-state index in [1.54, 1.807) is 11.3 Å². The number of benzene rings is 2. The first-order valence-electron chi connectivity index (χ1n) is 8.12. The average molecular weight is 340 g/mol. The molecule has 2 atom stereocenters. The predicted octanol–water partition coefficient (Wildman–Crippen LogP) is 2.19. The molecule has 2 aromatic carbocycles. The highest BCUT2D eigenvalue weighted by molar-refractivity contribution is 7.18. The number of nitrogens with one attached hydrogen (secondary N) is 2. The molecule has 0 bridgehead atoms. The second-order valence-electron chi connectivity index (χ2n) is 6.09. The van der Waals surface area contributed by atoms with Crippen LogP contribution in [-0.4, -0.2) is 24.5 Å². The number of hydrogen-bond acceptors (Lipinski definition) is 3. The standard InChI is InChI=1S/C19H21N3OS/c1-14(15-8-4-3-5-9-15)20-18(23)12-22(2)13-19-21-16-10-6-7-11-17(16)24-19/h3-11,14H,12-13H2,1-2H3,(H,20,23)/p+1/t14-/m0/s1. The number of amides is 1. The van der Waals surface area contributed by atoms with Gasteiger partial charge in [-0.2, -0.15) is 0 Å². The summed E-state index contributed by atoms with van der Waals surface area (Å²) in [5.74, 6) is 0.0602. The summed E-state index contributed by atoms with van der Waals surface area (Å²) in [5, 5.41) is 4.13. The smallest absolute Gasteiger partial charge is 0.275 e. The molecule has 1 amide bonds. The van der Waals surface area contributed by atoms with Gasteiger partial charge in [0.15, 0.2) is 6.54 Å². The van der Waals surface area contributed by atoms with Crippen LogP contribution >= 0.6 is 11.3 Å². The lowest BCUT2D eigenvalue weighted by Gasteiger charge is -2.16. The fourth-order valence-electron chi connectivity index (χ4n) is 2.71. The number of nitrogens with zero attached hydrogens (tertiary/aromatic N) is 1. The van der Waals surface area contributed by atoms with E-state index in [-0.39, 0.29) is 11.9 Å². The van der Waals surface area contributed by atoms with Crippen LogP contribution in [0.1, 0.15) is 23.5 Å². The van der Waals surface area contributed by atoms with Crippen LogP contribution in [-0.2, 0) is 11.3 Å². The van der Waals surface area contributed by atoms with E-state index in [2.05, 4.69) is 16.4 Å². The highest BCUT2D eigenvalue weighted by atomic mass is 32.1. The number of quaternary nitrogens is 1. The van der Waals surface area contributed by atoms with Crippen molar-refractivity contribution in [1.29, 1.82) is 0 Å². The van der Waals surface area contributed by atoms with Crippen molar-refractivity contribution < 1.29 is 9.69 Å². The third kappa shape index (κ3) is 4.19. The topological polar surface area (TPSA) is 46.4 Å². The lowest BCUT2D eigenvalue weighted by molar-refractivity contribution is -0.885. The number of thiazole rings is 1. The van der Waals surface area contributed by atoms with Gasteiger partial charge in [-0.25, -0.2) is 4.98 Å². The average Bonchev–Trinajstić information content (AvgIpc) is 2.97. The minimum atomic E-state index is 0.0222. The molecule has 2 N–H and O–H groups in total. The maximum absolute atomic E-state index is 12.3. The Morgan fingerprint density at radius 2 is 1.88 bits per heavy atom. The van der Waals surface area contributed by atoms with E-state index in [9.17, 15) is 4.79 Å². The largest absolute Gasteiger partial charge is 0.345 e. The molecule has 1 unspecified atom stereocenters. The van der Waals surface area contributed by atoms with Crippen LogP contribution in [0, 0.1) is 0 Å². The van der Waals surface area contributed by atoms with E-state index >= 15 is 0 Å². The summed E-state index contributed by atoms with van der Waals surface area (Å²) in [5.41, 5.74) is 2.15. The molecule has 124 valence electrons. The van der Waals surface area contributed by atoms with Gasteiger partial charge < -0.3 is 10.2 Å². The van der Waals surface area contributed by atoms with E-state index in [0.29, 0.717) is 6.54 Å². The fourth-order valence-corrected chi connectivity index (χ4v) is 3.79. The maximum Gasteiger partial charge on any atom is 0.275 e. The van der Waals surface area contributed by atoms with E-state index < -0.39 is 0 Å². The summed E-state index contributed by atoms with van der Waals surface area (Å²) in [4.78, 5) is 18.0. The summed E-state index contributed by atoms with van der Waals surface area (Å²) in [6, 6.07) is 18.2. The monoisotopic (exact) mass is 340 g/mol. The second-order valence-corrected chi connectivity index (χ2v) is 7.20. The molecule has 4 nitrogen and oxygen atoms in total. The first-order chi connectivity index (χ1) is 11.6. The Balaban J connectivity index is 1.54. The van der Waals surface area contributed by atoms with E-state index in [1.807, 2.05) is 62.5 Å². The van der Waals surface area contributed by atoms with Crippen LogP contribution in [0.25, 0.3) is 10.2 Å². The molecular formula is C19H22N3OS+. The molecule has 0 aliphatic rings. The number of likely N-dealkylation sites (N-methyl/N-ethyl adjacent to an activating group) is 1. The van der Waals surface area contributed by atoms with Gasteiger partial charge in [0.2, 0.25) is 0 Å². The fraction of sp³-hybridized carbons (Fsp3) is 0.263. The van der Waals surface area contributed by atoms with Crippen LogP contribution in [0.15, 0.2) is 54.6 Å². The minimum Gasteiger partial charge on any atom is -0.345 e. The summed E-state index contributed by atoms with van der Waals surface area (Å²) in [6.45, 7) is 3.20. The minimum absolute atomic E-state index is 0.0222. The molecule has 24 heavy (non-hydrogen) atoms. The van der Waals surface area contributed by atoms with Gasteiger partial charge in [0.05, 0.1) is 23.3 Å².